The van der Waals surface area contributed by atoms with Crippen LogP contribution >= 0.6 is 0 Å². The van der Waals surface area contributed by atoms with Crippen LogP contribution in [0.15, 0.2) is 12.4 Å². The van der Waals surface area contributed by atoms with Crippen LogP contribution < -0.4 is 0 Å². The molecule has 0 saturated heterocycles. The monoisotopic (exact) mass is 413 g/mol. The van der Waals surface area contributed by atoms with Gasteiger partial charge in [0.1, 0.15) is 6.54 Å². The predicted molar refractivity (Wildman–Crippen MR) is 116 cm³/mol. The van der Waals surface area contributed by atoms with Crippen molar-refractivity contribution in [2.24, 2.45) is 46.3 Å². The fourth-order valence-corrected chi connectivity index (χ4v) is 8.92. The minimum absolute atomic E-state index is 0.161. The highest BCUT2D eigenvalue weighted by atomic mass is 16.5. The lowest BCUT2D eigenvalue weighted by molar-refractivity contribution is -0.154. The van der Waals surface area contributed by atoms with Crippen LogP contribution in [0.2, 0.25) is 0 Å². The molecule has 5 rings (SSSR count). The van der Waals surface area contributed by atoms with Crippen LogP contribution in [0, 0.1) is 46.3 Å². The minimum Gasteiger partial charge on any atom is -0.384 e. The number of hydrogen-bond donors (Lipinski definition) is 0. The second kappa shape index (κ2) is 7.72. The van der Waals surface area contributed by atoms with E-state index in [0.717, 1.165) is 36.7 Å². The number of hydrogen-bond acceptors (Lipinski definition) is 4. The molecule has 0 bridgehead atoms. The molecule has 0 N–H and O–H groups in total. The van der Waals surface area contributed by atoms with E-state index in [4.69, 9.17) is 4.74 Å². The molecule has 30 heavy (non-hydrogen) atoms. The van der Waals surface area contributed by atoms with E-state index in [-0.39, 0.29) is 11.3 Å². The molecule has 0 aliphatic heterocycles. The van der Waals surface area contributed by atoms with Crippen molar-refractivity contribution in [1.82, 2.24) is 15.0 Å². The van der Waals surface area contributed by atoms with Crippen molar-refractivity contribution in [3.8, 4) is 0 Å². The molecule has 1 aromatic heterocycles. The van der Waals surface area contributed by atoms with Crippen LogP contribution in [0.25, 0.3) is 0 Å². The summed E-state index contributed by atoms with van der Waals surface area (Å²) in [6, 6.07) is 0. The van der Waals surface area contributed by atoms with Crippen molar-refractivity contribution >= 4 is 5.78 Å². The van der Waals surface area contributed by atoms with Gasteiger partial charge in [-0.15, -0.1) is 0 Å². The van der Waals surface area contributed by atoms with Crippen molar-refractivity contribution < 1.29 is 9.53 Å². The highest BCUT2D eigenvalue weighted by molar-refractivity contribution is 5.81. The quantitative estimate of drug-likeness (QED) is 0.698. The summed E-state index contributed by atoms with van der Waals surface area (Å²) >= 11 is 0. The first-order chi connectivity index (χ1) is 14.5. The number of rotatable bonds is 5. The highest BCUT2D eigenvalue weighted by Crippen LogP contribution is 2.68. The number of ether oxygens (including phenoxy) is 1. The van der Waals surface area contributed by atoms with Crippen molar-refractivity contribution in [2.45, 2.75) is 78.2 Å². The Morgan fingerprint density at radius 3 is 2.63 bits per heavy atom. The number of ketones is 1. The Labute approximate surface area is 181 Å². The summed E-state index contributed by atoms with van der Waals surface area (Å²) in [5.41, 5.74) is 0.557. The summed E-state index contributed by atoms with van der Waals surface area (Å²) in [7, 11) is 1.91. The number of carbonyl (C=O) groups excluding carboxylic acids is 1. The second-order valence-corrected chi connectivity index (χ2v) is 11.4. The molecule has 166 valence electrons. The molecular formula is C25H39N3O2. The fraction of sp³-hybridized carbons (Fsp3) is 0.880. The van der Waals surface area contributed by atoms with Crippen LogP contribution in [-0.2, 0) is 16.1 Å². The predicted octanol–water partition coefficient (Wildman–Crippen LogP) is 4.77. The maximum absolute atomic E-state index is 13.2. The Morgan fingerprint density at radius 1 is 1.07 bits per heavy atom. The first-order valence-electron chi connectivity index (χ1n) is 12.3. The van der Waals surface area contributed by atoms with E-state index in [2.05, 4.69) is 24.0 Å². The molecule has 8 unspecified atom stereocenters. The van der Waals surface area contributed by atoms with Gasteiger partial charge in [0.25, 0.3) is 0 Å². The number of methoxy groups -OCH3 is 1. The third-order valence-corrected chi connectivity index (χ3v) is 10.2. The number of Topliss-reactive ketones (excluding diaryl/α,β-unsaturated/α-hetero) is 1. The molecule has 5 nitrogen and oxygen atoms in total. The molecule has 4 aliphatic rings. The number of carbonyl (C=O) groups is 1. The number of fused-ring (bicyclic) bond motifs is 5. The molecule has 5 heteroatoms. The summed E-state index contributed by atoms with van der Waals surface area (Å²) < 4.78 is 5.91. The van der Waals surface area contributed by atoms with Gasteiger partial charge in [-0.05, 0) is 91.8 Å². The van der Waals surface area contributed by atoms with Crippen LogP contribution in [0.4, 0.5) is 0 Å². The van der Waals surface area contributed by atoms with E-state index in [1.54, 1.807) is 17.2 Å². The van der Waals surface area contributed by atoms with E-state index in [1.165, 1.54) is 51.4 Å². The van der Waals surface area contributed by atoms with Gasteiger partial charge in [-0.25, -0.2) is 0 Å². The Morgan fingerprint density at radius 2 is 1.87 bits per heavy atom. The van der Waals surface area contributed by atoms with E-state index in [0.29, 0.717) is 23.7 Å². The smallest absolute Gasteiger partial charge is 0.159 e. The lowest BCUT2D eigenvalue weighted by Crippen LogP contribution is -2.56. The normalized spacial score (nSPS) is 45.4. The molecule has 4 aliphatic carbocycles. The largest absolute Gasteiger partial charge is 0.384 e. The van der Waals surface area contributed by atoms with Crippen LogP contribution in [0.3, 0.4) is 0 Å². The summed E-state index contributed by atoms with van der Waals surface area (Å²) in [5, 5.41) is 8.34. The van der Waals surface area contributed by atoms with Gasteiger partial charge in [-0.2, -0.15) is 15.0 Å². The molecule has 8 atom stereocenters. The maximum Gasteiger partial charge on any atom is 0.159 e. The molecule has 0 amide bonds. The number of nitrogens with zero attached hydrogens (tertiary/aromatic N) is 3. The van der Waals surface area contributed by atoms with Gasteiger partial charge < -0.3 is 4.74 Å². The molecule has 1 aromatic rings. The van der Waals surface area contributed by atoms with Crippen LogP contribution in [0.1, 0.15) is 71.6 Å². The lowest BCUT2D eigenvalue weighted by Gasteiger charge is -2.61. The Hall–Kier alpha value is -1.23. The molecular weight excluding hydrogens is 374 g/mol. The molecule has 0 spiro atoms. The summed E-state index contributed by atoms with van der Waals surface area (Å²) in [6.07, 6.45) is 15.0. The maximum atomic E-state index is 13.2. The zero-order valence-corrected chi connectivity index (χ0v) is 19.1. The van der Waals surface area contributed by atoms with Gasteiger partial charge in [0.05, 0.1) is 19.0 Å². The lowest BCUT2D eigenvalue weighted by atomic mass is 9.44. The Kier molecular flexibility index (Phi) is 5.32. The van der Waals surface area contributed by atoms with Crippen molar-refractivity contribution in [2.75, 3.05) is 13.7 Å². The topological polar surface area (TPSA) is 57.0 Å². The minimum atomic E-state index is 0.161. The van der Waals surface area contributed by atoms with Crippen molar-refractivity contribution in [3.05, 3.63) is 12.4 Å². The van der Waals surface area contributed by atoms with Gasteiger partial charge in [-0.3, -0.25) is 4.79 Å². The first kappa shape index (κ1) is 20.7. The third kappa shape index (κ3) is 3.10. The molecule has 1 heterocycles. The van der Waals surface area contributed by atoms with Gasteiger partial charge in [0.2, 0.25) is 0 Å². The zero-order valence-electron chi connectivity index (χ0n) is 19.1. The first-order valence-corrected chi connectivity index (χ1v) is 12.3. The van der Waals surface area contributed by atoms with Gasteiger partial charge >= 0.3 is 0 Å². The van der Waals surface area contributed by atoms with Crippen LogP contribution in [-0.4, -0.2) is 34.5 Å². The highest BCUT2D eigenvalue weighted by Gasteiger charge is 2.62. The molecule has 0 aromatic carbocycles. The average molecular weight is 414 g/mol. The van der Waals surface area contributed by atoms with Gasteiger partial charge in [-0.1, -0.05) is 20.3 Å². The average Bonchev–Trinajstić information content (AvgIpc) is 3.35. The summed E-state index contributed by atoms with van der Waals surface area (Å²) in [4.78, 5) is 14.8. The number of aromatic nitrogens is 3. The SMILES string of the molecule is COCC12CCC(C)CC1CCC1C3CCC(C(=O)Cn4nccn4)C3(C)CCC12. The Balaban J connectivity index is 1.38. The van der Waals surface area contributed by atoms with E-state index in [1.807, 2.05) is 7.11 Å². The molecule has 4 fully saturated rings. The zero-order chi connectivity index (χ0) is 20.9. The summed E-state index contributed by atoms with van der Waals surface area (Å²) in [5.74, 6) is 4.52. The standard InChI is InChI=1S/C25H39N3O2/c1-17-8-11-25(16-30-3)18(14-17)4-5-19-20-6-7-22(24(20,2)10-9-21(19)25)23(29)15-28-26-12-13-27-28/h12-13,17-22H,4-11,14-16H2,1-3H3. The van der Waals surface area contributed by atoms with E-state index < -0.39 is 0 Å². The van der Waals surface area contributed by atoms with E-state index in [9.17, 15) is 4.79 Å². The van der Waals surface area contributed by atoms with Gasteiger partial charge in [0, 0.05) is 13.0 Å². The van der Waals surface area contributed by atoms with Crippen molar-refractivity contribution in [3.63, 3.8) is 0 Å². The van der Waals surface area contributed by atoms with E-state index >= 15 is 0 Å². The fourth-order valence-electron chi connectivity index (χ4n) is 8.92. The third-order valence-electron chi connectivity index (χ3n) is 10.2. The van der Waals surface area contributed by atoms with Crippen molar-refractivity contribution in [1.29, 1.82) is 0 Å². The second-order valence-electron chi connectivity index (χ2n) is 11.4. The Bertz CT molecular complexity index is 764. The summed E-state index contributed by atoms with van der Waals surface area (Å²) in [6.45, 7) is 6.17. The van der Waals surface area contributed by atoms with Crippen LogP contribution in [0.5, 0.6) is 0 Å². The molecule has 4 saturated carbocycles. The molecule has 0 radical (unpaired) electrons. The van der Waals surface area contributed by atoms with Gasteiger partial charge in [0.15, 0.2) is 5.78 Å².